The average molecular weight is 337 g/mol. The quantitative estimate of drug-likeness (QED) is 0.678. The van der Waals surface area contributed by atoms with Crippen LogP contribution in [0, 0.1) is 0 Å². The summed E-state index contributed by atoms with van der Waals surface area (Å²) in [5, 5.41) is 3.00. The fraction of sp³-hybridized carbons (Fsp3) is 0.364. The van der Waals surface area contributed by atoms with E-state index in [1.165, 1.54) is 41.7 Å². The first kappa shape index (κ1) is 17.2. The number of benzene rings is 2. The smallest absolute Gasteiger partial charge is 0.0330 e. The van der Waals surface area contributed by atoms with Gasteiger partial charge in [-0.1, -0.05) is 73.2 Å². The van der Waals surface area contributed by atoms with E-state index in [2.05, 4.69) is 85.6 Å². The first-order valence-electron chi connectivity index (χ1n) is 9.08. The van der Waals surface area contributed by atoms with Crippen molar-refractivity contribution in [2.75, 3.05) is 12.7 Å². The predicted molar refractivity (Wildman–Crippen MR) is 108 cm³/mol. The summed E-state index contributed by atoms with van der Waals surface area (Å²) >= 11 is 0. The highest BCUT2D eigenvalue weighted by Gasteiger charge is 2.26. The summed E-state index contributed by atoms with van der Waals surface area (Å²) in [6, 6.07) is 22.9. The second kappa shape index (κ2) is 8.49. The van der Waals surface area contributed by atoms with Gasteiger partial charge in [-0.25, -0.2) is 0 Å². The van der Waals surface area contributed by atoms with Gasteiger partial charge in [0.1, 0.15) is 0 Å². The van der Waals surface area contributed by atoms with Gasteiger partial charge < -0.3 is 4.90 Å². The number of rotatable bonds is 6. The molecular weight excluding hydrogens is 309 g/mol. The Hall–Kier alpha value is -1.59. The lowest BCUT2D eigenvalue weighted by Gasteiger charge is -2.29. The minimum atomic E-state index is -0.289. The third kappa shape index (κ3) is 4.28. The third-order valence-corrected chi connectivity index (χ3v) is 7.53. The molecule has 126 valence electrons. The lowest BCUT2D eigenvalue weighted by molar-refractivity contribution is 0.372. The minimum Gasteiger partial charge on any atom is -0.374 e. The molecule has 0 aromatic heterocycles. The molecule has 1 fully saturated rings. The van der Waals surface area contributed by atoms with Crippen molar-refractivity contribution in [2.24, 2.45) is 0 Å². The summed E-state index contributed by atoms with van der Waals surface area (Å²) < 4.78 is 0. The molecule has 2 aromatic carbocycles. The van der Waals surface area contributed by atoms with Gasteiger partial charge in [0, 0.05) is 12.6 Å². The highest BCUT2D eigenvalue weighted by Crippen LogP contribution is 2.38. The van der Waals surface area contributed by atoms with Crippen molar-refractivity contribution < 1.29 is 0 Å². The third-order valence-electron chi connectivity index (χ3n) is 4.90. The van der Waals surface area contributed by atoms with Gasteiger partial charge in [0.15, 0.2) is 0 Å². The number of hydrogen-bond acceptors (Lipinski definition) is 1. The minimum absolute atomic E-state index is 0.289. The predicted octanol–water partition coefficient (Wildman–Crippen LogP) is 4.90. The topological polar surface area (TPSA) is 3.24 Å². The van der Waals surface area contributed by atoms with E-state index in [0.29, 0.717) is 6.04 Å². The van der Waals surface area contributed by atoms with Gasteiger partial charge in [-0.15, -0.1) is 0 Å². The number of hydrogen-bond donors (Lipinski definition) is 0. The molecule has 0 saturated carbocycles. The van der Waals surface area contributed by atoms with Crippen LogP contribution in [0.1, 0.15) is 33.1 Å². The van der Waals surface area contributed by atoms with E-state index in [1.807, 2.05) is 0 Å². The molecule has 2 aromatic rings. The second-order valence-corrected chi connectivity index (χ2v) is 8.90. The second-order valence-electron chi connectivity index (χ2n) is 6.64. The van der Waals surface area contributed by atoms with E-state index in [4.69, 9.17) is 0 Å². The van der Waals surface area contributed by atoms with Crippen molar-refractivity contribution in [1.82, 2.24) is 4.90 Å². The van der Waals surface area contributed by atoms with Crippen LogP contribution in [0.25, 0.3) is 0 Å². The SMILES string of the molecule is CC/C(C)=C/N1CCC[C@H]1CP(c1ccccc1)c1ccccc1. The zero-order valence-corrected chi connectivity index (χ0v) is 15.8. The van der Waals surface area contributed by atoms with Crippen LogP contribution < -0.4 is 10.6 Å². The molecule has 1 aliphatic rings. The summed E-state index contributed by atoms with van der Waals surface area (Å²) in [4.78, 5) is 2.61. The standard InChI is InChI=1S/C22H28NP/c1-3-19(2)17-23-16-10-11-20(23)18-24(21-12-6-4-7-13-21)22-14-8-5-9-15-22/h4-9,12-15,17,20H,3,10-11,16,18H2,1-2H3/b19-17+/t20-/m0/s1. The zero-order valence-electron chi connectivity index (χ0n) is 14.9. The van der Waals surface area contributed by atoms with Gasteiger partial charge in [-0.3, -0.25) is 0 Å². The summed E-state index contributed by atoms with van der Waals surface area (Å²) in [7, 11) is -0.289. The summed E-state index contributed by atoms with van der Waals surface area (Å²) in [5.41, 5.74) is 1.49. The lowest BCUT2D eigenvalue weighted by atomic mass is 10.2. The summed E-state index contributed by atoms with van der Waals surface area (Å²) in [6.07, 6.45) is 7.48. The Morgan fingerprint density at radius 3 is 2.17 bits per heavy atom. The van der Waals surface area contributed by atoms with E-state index in [9.17, 15) is 0 Å². The molecule has 1 atom stereocenters. The molecule has 1 nitrogen and oxygen atoms in total. The van der Waals surface area contributed by atoms with Gasteiger partial charge in [-0.05, 0) is 57.1 Å². The maximum atomic E-state index is 2.61. The van der Waals surface area contributed by atoms with Crippen LogP contribution in [0.4, 0.5) is 0 Å². The molecule has 0 radical (unpaired) electrons. The van der Waals surface area contributed by atoms with Crippen LogP contribution in [-0.2, 0) is 0 Å². The maximum absolute atomic E-state index is 2.61. The molecule has 3 rings (SSSR count). The van der Waals surface area contributed by atoms with Crippen LogP contribution >= 0.6 is 7.92 Å². The van der Waals surface area contributed by atoms with Crippen molar-refractivity contribution in [3.05, 3.63) is 72.4 Å². The first-order chi connectivity index (χ1) is 11.8. The van der Waals surface area contributed by atoms with Crippen molar-refractivity contribution in [3.63, 3.8) is 0 Å². The number of likely N-dealkylation sites (tertiary alicyclic amines) is 1. The van der Waals surface area contributed by atoms with E-state index in [1.54, 1.807) is 0 Å². The Kier molecular flexibility index (Phi) is 6.10. The van der Waals surface area contributed by atoms with E-state index in [0.717, 1.165) is 6.42 Å². The summed E-state index contributed by atoms with van der Waals surface area (Å²) in [6.45, 7) is 5.72. The van der Waals surface area contributed by atoms with Gasteiger partial charge >= 0.3 is 0 Å². The molecule has 0 unspecified atom stereocenters. The van der Waals surface area contributed by atoms with Crippen LogP contribution in [0.3, 0.4) is 0 Å². The normalized spacial score (nSPS) is 18.4. The fourth-order valence-corrected chi connectivity index (χ4v) is 5.98. The molecule has 0 N–H and O–H groups in total. The Morgan fingerprint density at radius 1 is 1.04 bits per heavy atom. The fourth-order valence-electron chi connectivity index (χ4n) is 3.38. The molecule has 1 aliphatic heterocycles. The Bertz CT molecular complexity index is 611. The largest absolute Gasteiger partial charge is 0.374 e. The molecule has 24 heavy (non-hydrogen) atoms. The van der Waals surface area contributed by atoms with Crippen LogP contribution in [0.15, 0.2) is 72.4 Å². The molecule has 0 bridgehead atoms. The van der Waals surface area contributed by atoms with Crippen LogP contribution in [-0.4, -0.2) is 23.6 Å². The van der Waals surface area contributed by atoms with Gasteiger partial charge in [-0.2, -0.15) is 0 Å². The van der Waals surface area contributed by atoms with E-state index < -0.39 is 0 Å². The average Bonchev–Trinajstić information content (AvgIpc) is 3.07. The Balaban J connectivity index is 1.84. The molecule has 0 amide bonds. The van der Waals surface area contributed by atoms with Gasteiger partial charge in [0.05, 0.1) is 0 Å². The maximum Gasteiger partial charge on any atom is 0.0330 e. The highest BCUT2D eigenvalue weighted by atomic mass is 31.1. The zero-order chi connectivity index (χ0) is 16.8. The van der Waals surface area contributed by atoms with Gasteiger partial charge in [0.25, 0.3) is 0 Å². The number of allylic oxidation sites excluding steroid dienone is 1. The summed E-state index contributed by atoms with van der Waals surface area (Å²) in [5.74, 6) is 0. The van der Waals surface area contributed by atoms with Crippen LogP contribution in [0.2, 0.25) is 0 Å². The lowest BCUT2D eigenvalue weighted by Crippen LogP contribution is -2.30. The van der Waals surface area contributed by atoms with Crippen molar-refractivity contribution in [1.29, 1.82) is 0 Å². The van der Waals surface area contributed by atoms with E-state index >= 15 is 0 Å². The van der Waals surface area contributed by atoms with Crippen LogP contribution in [0.5, 0.6) is 0 Å². The molecule has 0 aliphatic carbocycles. The van der Waals surface area contributed by atoms with Crippen molar-refractivity contribution >= 4 is 18.5 Å². The highest BCUT2D eigenvalue weighted by molar-refractivity contribution is 7.73. The monoisotopic (exact) mass is 337 g/mol. The molecule has 1 saturated heterocycles. The van der Waals surface area contributed by atoms with E-state index in [-0.39, 0.29) is 7.92 Å². The molecular formula is C22H28NP. The molecule has 2 heteroatoms. The van der Waals surface area contributed by atoms with Crippen molar-refractivity contribution in [2.45, 2.75) is 39.2 Å². The van der Waals surface area contributed by atoms with Crippen molar-refractivity contribution in [3.8, 4) is 0 Å². The Labute approximate surface area is 148 Å². The molecule has 1 heterocycles. The first-order valence-corrected chi connectivity index (χ1v) is 10.6. The number of nitrogens with zero attached hydrogens (tertiary/aromatic N) is 1. The van der Waals surface area contributed by atoms with Gasteiger partial charge in [0.2, 0.25) is 0 Å². The molecule has 0 spiro atoms. The Morgan fingerprint density at radius 2 is 1.62 bits per heavy atom.